The Morgan fingerprint density at radius 2 is 1.90 bits per heavy atom. The molecule has 0 atom stereocenters. The number of aryl methyl sites for hydroxylation is 1. The third kappa shape index (κ3) is 3.50. The smallest absolute Gasteiger partial charge is 0.138 e. The predicted octanol–water partition coefficient (Wildman–Crippen LogP) is 6.82. The summed E-state index contributed by atoms with van der Waals surface area (Å²) in [5.74, 6) is 0.911. The molecule has 2 aromatic carbocycles. The van der Waals surface area contributed by atoms with Crippen molar-refractivity contribution in [2.45, 2.75) is 19.8 Å². The number of H-pyrrole nitrogens is 1. The van der Waals surface area contributed by atoms with Crippen LogP contribution in [0.15, 0.2) is 65.5 Å². The van der Waals surface area contributed by atoms with Gasteiger partial charge in [-0.25, -0.2) is 9.97 Å². The van der Waals surface area contributed by atoms with Crippen molar-refractivity contribution in [3.8, 4) is 11.1 Å². The number of benzene rings is 2. The number of rotatable bonds is 6. The molecule has 0 unspecified atom stereocenters. The van der Waals surface area contributed by atoms with Crippen LogP contribution in [-0.2, 0) is 12.8 Å². The van der Waals surface area contributed by atoms with Gasteiger partial charge in [-0.3, -0.25) is 0 Å². The summed E-state index contributed by atoms with van der Waals surface area (Å²) in [6, 6.07) is 16.9. The maximum absolute atomic E-state index is 4.61. The largest absolute Gasteiger partial charge is 0.369 e. The van der Waals surface area contributed by atoms with E-state index in [9.17, 15) is 0 Å². The highest BCUT2D eigenvalue weighted by Gasteiger charge is 2.18. The number of aromatic nitrogens is 3. The van der Waals surface area contributed by atoms with Gasteiger partial charge < -0.3 is 10.3 Å². The molecule has 0 aliphatic carbocycles. The molecule has 0 bridgehead atoms. The Morgan fingerprint density at radius 3 is 2.73 bits per heavy atom. The molecule has 5 rings (SSSR count). The second kappa shape index (κ2) is 8.20. The Labute approximate surface area is 187 Å². The van der Waals surface area contributed by atoms with Gasteiger partial charge in [0.15, 0.2) is 0 Å². The van der Waals surface area contributed by atoms with Crippen LogP contribution in [0.1, 0.15) is 17.4 Å². The van der Waals surface area contributed by atoms with Gasteiger partial charge in [0.25, 0.3) is 0 Å². The van der Waals surface area contributed by atoms with Crippen molar-refractivity contribution in [3.63, 3.8) is 0 Å². The standard InChI is InChI=1S/C24H21BrN4S/c1-2-20-21(15-7-9-17(25)10-8-15)22-23(28-14-29-24(22)30-20)26-12-11-16-13-27-19-6-4-3-5-18(16)19/h3-10,13-14,27H,2,11-12H2,1H3,(H,26,28,29). The van der Waals surface area contributed by atoms with Gasteiger partial charge in [-0.1, -0.05) is 53.2 Å². The normalized spacial score (nSPS) is 11.4. The number of hydrogen-bond acceptors (Lipinski definition) is 4. The molecule has 0 fully saturated rings. The number of fused-ring (bicyclic) bond motifs is 2. The molecule has 0 radical (unpaired) electrons. The van der Waals surface area contributed by atoms with Crippen molar-refractivity contribution < 1.29 is 0 Å². The minimum Gasteiger partial charge on any atom is -0.369 e. The summed E-state index contributed by atoms with van der Waals surface area (Å²) in [5.41, 5.74) is 4.95. The fourth-order valence-electron chi connectivity index (χ4n) is 3.94. The van der Waals surface area contributed by atoms with Gasteiger partial charge in [0.05, 0.1) is 5.39 Å². The molecule has 0 aliphatic rings. The summed E-state index contributed by atoms with van der Waals surface area (Å²) in [4.78, 5) is 14.9. The second-order valence-electron chi connectivity index (χ2n) is 7.20. The number of nitrogens with zero attached hydrogens (tertiary/aromatic N) is 2. The third-order valence-electron chi connectivity index (χ3n) is 5.38. The first-order valence-electron chi connectivity index (χ1n) is 10.1. The summed E-state index contributed by atoms with van der Waals surface area (Å²) in [5, 5.41) is 5.99. The number of halogens is 1. The lowest BCUT2D eigenvalue weighted by Crippen LogP contribution is -2.06. The quantitative estimate of drug-likeness (QED) is 0.282. The van der Waals surface area contributed by atoms with Crippen LogP contribution in [0.5, 0.6) is 0 Å². The monoisotopic (exact) mass is 476 g/mol. The van der Waals surface area contributed by atoms with Crippen molar-refractivity contribution in [2.75, 3.05) is 11.9 Å². The molecular formula is C24H21BrN4S. The highest BCUT2D eigenvalue weighted by molar-refractivity contribution is 9.10. The molecule has 0 saturated carbocycles. The zero-order chi connectivity index (χ0) is 20.5. The number of nitrogens with one attached hydrogen (secondary N) is 2. The second-order valence-corrected chi connectivity index (χ2v) is 9.20. The van der Waals surface area contributed by atoms with E-state index in [1.807, 2.05) is 0 Å². The van der Waals surface area contributed by atoms with E-state index in [1.54, 1.807) is 17.7 Å². The highest BCUT2D eigenvalue weighted by Crippen LogP contribution is 2.41. The van der Waals surface area contributed by atoms with E-state index in [0.717, 1.165) is 39.9 Å². The van der Waals surface area contributed by atoms with E-state index in [0.29, 0.717) is 0 Å². The number of para-hydroxylation sites is 1. The average molecular weight is 477 g/mol. The molecule has 0 spiro atoms. The van der Waals surface area contributed by atoms with Gasteiger partial charge in [-0.15, -0.1) is 11.3 Å². The first kappa shape index (κ1) is 19.3. The Balaban J connectivity index is 1.48. The SMILES string of the molecule is CCc1sc2ncnc(NCCc3c[nH]c4ccccc34)c2c1-c1ccc(Br)cc1. The van der Waals surface area contributed by atoms with Crippen LogP contribution in [0.25, 0.3) is 32.2 Å². The van der Waals surface area contributed by atoms with Crippen LogP contribution in [0.4, 0.5) is 5.82 Å². The van der Waals surface area contributed by atoms with Crippen LogP contribution in [0, 0.1) is 0 Å². The molecule has 3 aromatic heterocycles. The maximum Gasteiger partial charge on any atom is 0.138 e. The van der Waals surface area contributed by atoms with E-state index in [4.69, 9.17) is 0 Å². The van der Waals surface area contributed by atoms with Crippen molar-refractivity contribution in [3.05, 3.63) is 76.0 Å². The van der Waals surface area contributed by atoms with E-state index in [2.05, 4.69) is 97.9 Å². The Hall–Kier alpha value is -2.70. The summed E-state index contributed by atoms with van der Waals surface area (Å²) in [6.07, 6.45) is 5.67. The van der Waals surface area contributed by atoms with E-state index in [1.165, 1.54) is 32.5 Å². The number of anilines is 1. The van der Waals surface area contributed by atoms with Crippen molar-refractivity contribution in [1.82, 2.24) is 15.0 Å². The van der Waals surface area contributed by atoms with Crippen molar-refractivity contribution in [1.29, 1.82) is 0 Å². The molecule has 150 valence electrons. The van der Waals surface area contributed by atoms with Crippen LogP contribution < -0.4 is 5.32 Å². The summed E-state index contributed by atoms with van der Waals surface area (Å²) in [7, 11) is 0. The first-order valence-corrected chi connectivity index (χ1v) is 11.7. The first-order chi connectivity index (χ1) is 14.7. The maximum atomic E-state index is 4.61. The Morgan fingerprint density at radius 1 is 1.07 bits per heavy atom. The van der Waals surface area contributed by atoms with E-state index in [-0.39, 0.29) is 0 Å². The molecule has 30 heavy (non-hydrogen) atoms. The zero-order valence-electron chi connectivity index (χ0n) is 16.6. The molecule has 6 heteroatoms. The van der Waals surface area contributed by atoms with Crippen LogP contribution in [0.3, 0.4) is 0 Å². The fraction of sp³-hybridized carbons (Fsp3) is 0.167. The van der Waals surface area contributed by atoms with Gasteiger partial charge in [0, 0.05) is 38.6 Å². The molecule has 0 aliphatic heterocycles. The van der Waals surface area contributed by atoms with Gasteiger partial charge in [0.1, 0.15) is 17.0 Å². The number of hydrogen-bond donors (Lipinski definition) is 2. The van der Waals surface area contributed by atoms with E-state index < -0.39 is 0 Å². The molecule has 5 aromatic rings. The van der Waals surface area contributed by atoms with Crippen LogP contribution in [0.2, 0.25) is 0 Å². The summed E-state index contributed by atoms with van der Waals surface area (Å²) < 4.78 is 1.08. The lowest BCUT2D eigenvalue weighted by molar-refractivity contribution is 1.01. The van der Waals surface area contributed by atoms with Gasteiger partial charge in [-0.05, 0) is 42.2 Å². The summed E-state index contributed by atoms with van der Waals surface area (Å²) in [6.45, 7) is 3.01. The van der Waals surface area contributed by atoms with Crippen molar-refractivity contribution >= 4 is 54.2 Å². The van der Waals surface area contributed by atoms with Gasteiger partial charge in [-0.2, -0.15) is 0 Å². The topological polar surface area (TPSA) is 53.6 Å². The van der Waals surface area contributed by atoms with Gasteiger partial charge in [0.2, 0.25) is 0 Å². The lowest BCUT2D eigenvalue weighted by atomic mass is 10.0. The molecule has 0 amide bonds. The lowest BCUT2D eigenvalue weighted by Gasteiger charge is -2.09. The fourth-order valence-corrected chi connectivity index (χ4v) is 5.30. The van der Waals surface area contributed by atoms with Crippen molar-refractivity contribution in [2.24, 2.45) is 0 Å². The molecule has 2 N–H and O–H groups in total. The Bertz CT molecular complexity index is 1320. The van der Waals surface area contributed by atoms with Gasteiger partial charge >= 0.3 is 0 Å². The molecule has 3 heterocycles. The number of aromatic amines is 1. The van der Waals surface area contributed by atoms with E-state index >= 15 is 0 Å². The minimum atomic E-state index is 0.811. The van der Waals surface area contributed by atoms with Crippen LogP contribution in [-0.4, -0.2) is 21.5 Å². The molecule has 0 saturated heterocycles. The average Bonchev–Trinajstić information content (AvgIpc) is 3.36. The Kier molecular flexibility index (Phi) is 5.27. The van der Waals surface area contributed by atoms with Crippen LogP contribution >= 0.6 is 27.3 Å². The summed E-state index contributed by atoms with van der Waals surface area (Å²) >= 11 is 5.30. The molecule has 4 nitrogen and oxygen atoms in total. The molecular weight excluding hydrogens is 456 g/mol. The number of thiophene rings is 1. The minimum absolute atomic E-state index is 0.811. The zero-order valence-corrected chi connectivity index (χ0v) is 19.0. The highest BCUT2D eigenvalue weighted by atomic mass is 79.9. The third-order valence-corrected chi connectivity index (χ3v) is 7.15. The predicted molar refractivity (Wildman–Crippen MR) is 130 cm³/mol.